The van der Waals surface area contributed by atoms with Crippen LogP contribution in [-0.2, 0) is 6.54 Å². The topological polar surface area (TPSA) is 32.5 Å². The van der Waals surface area contributed by atoms with Crippen molar-refractivity contribution in [1.29, 1.82) is 0 Å². The number of aromatic nitrogens is 1. The summed E-state index contributed by atoms with van der Waals surface area (Å²) < 4.78 is 6.54. The molecule has 0 saturated carbocycles. The van der Waals surface area contributed by atoms with E-state index in [0.29, 0.717) is 0 Å². The Hall–Kier alpha value is -2.27. The summed E-state index contributed by atoms with van der Waals surface area (Å²) in [4.78, 5) is 4.48. The molecule has 0 fully saturated rings. The molecule has 0 bridgehead atoms. The summed E-state index contributed by atoms with van der Waals surface area (Å²) in [6, 6.07) is 10.5. The van der Waals surface area contributed by atoms with Gasteiger partial charge in [0, 0.05) is 29.0 Å². The minimum absolute atomic E-state index is 0.827. The number of aryl methyl sites for hydroxylation is 2. The zero-order valence-corrected chi connectivity index (χ0v) is 15.2. The minimum Gasteiger partial charge on any atom is -0.361 e. The van der Waals surface area contributed by atoms with Gasteiger partial charge >= 0.3 is 0 Å². The lowest BCUT2D eigenvalue weighted by Gasteiger charge is -2.27. The average Bonchev–Trinajstić information content (AvgIpc) is 3.08. The number of fused-ring (bicyclic) bond motifs is 1. The van der Waals surface area contributed by atoms with Gasteiger partial charge in [-0.05, 0) is 25.5 Å². The van der Waals surface area contributed by atoms with Crippen molar-refractivity contribution in [1.82, 2.24) is 10.1 Å². The third kappa shape index (κ3) is 2.59. The summed E-state index contributed by atoms with van der Waals surface area (Å²) >= 11 is 3.73. The third-order valence-corrected chi connectivity index (χ3v) is 5.05. The summed E-state index contributed by atoms with van der Waals surface area (Å²) in [5.41, 5.74) is 5.68. The Morgan fingerprint density at radius 1 is 1.21 bits per heavy atom. The minimum atomic E-state index is 0.827. The molecule has 0 amide bonds. The molecular weight excluding hydrogens is 366 g/mol. The molecule has 122 valence electrons. The van der Waals surface area contributed by atoms with Crippen LogP contribution in [0.2, 0.25) is 0 Å². The van der Waals surface area contributed by atoms with Crippen molar-refractivity contribution in [2.45, 2.75) is 20.4 Å². The first-order chi connectivity index (χ1) is 11.6. The van der Waals surface area contributed by atoms with Crippen LogP contribution in [0.5, 0.6) is 0 Å². The zero-order valence-electron chi connectivity index (χ0n) is 13.7. The fourth-order valence-corrected chi connectivity index (χ4v) is 3.87. The molecule has 0 spiro atoms. The van der Waals surface area contributed by atoms with E-state index >= 15 is 0 Å². The molecular formula is C19H18BrN3O. The molecule has 2 aromatic rings. The van der Waals surface area contributed by atoms with Crippen molar-refractivity contribution in [2.24, 2.45) is 0 Å². The number of halogens is 1. The fourth-order valence-electron chi connectivity index (χ4n) is 3.23. The van der Waals surface area contributed by atoms with E-state index in [1.54, 1.807) is 0 Å². The highest BCUT2D eigenvalue weighted by atomic mass is 79.9. The van der Waals surface area contributed by atoms with Crippen LogP contribution in [0.15, 0.2) is 69.1 Å². The van der Waals surface area contributed by atoms with Gasteiger partial charge in [0.15, 0.2) is 5.76 Å². The van der Waals surface area contributed by atoms with E-state index in [4.69, 9.17) is 4.52 Å². The highest BCUT2D eigenvalue weighted by molar-refractivity contribution is 9.11. The molecule has 5 heteroatoms. The van der Waals surface area contributed by atoms with Crippen LogP contribution in [0.3, 0.4) is 0 Å². The lowest BCUT2D eigenvalue weighted by molar-refractivity contribution is 0.393. The molecule has 0 N–H and O–H groups in total. The van der Waals surface area contributed by atoms with Gasteiger partial charge in [0.05, 0.1) is 12.2 Å². The first-order valence-electron chi connectivity index (χ1n) is 7.92. The normalized spacial score (nSPS) is 16.7. The van der Waals surface area contributed by atoms with Crippen LogP contribution in [0.4, 0.5) is 5.69 Å². The van der Waals surface area contributed by atoms with Gasteiger partial charge in [-0.2, -0.15) is 0 Å². The molecule has 24 heavy (non-hydrogen) atoms. The fraction of sp³-hybridized carbons (Fsp3) is 0.211. The maximum absolute atomic E-state index is 5.31. The summed E-state index contributed by atoms with van der Waals surface area (Å²) in [5.74, 6) is 0.827. The second-order valence-corrected chi connectivity index (χ2v) is 7.03. The molecule has 3 heterocycles. The van der Waals surface area contributed by atoms with E-state index in [1.165, 1.54) is 21.3 Å². The van der Waals surface area contributed by atoms with E-state index in [0.717, 1.165) is 30.2 Å². The number of allylic oxidation sites excluding steroid dienone is 1. The van der Waals surface area contributed by atoms with Crippen LogP contribution in [0.1, 0.15) is 17.0 Å². The Kier molecular flexibility index (Phi) is 3.81. The van der Waals surface area contributed by atoms with Gasteiger partial charge in [0.25, 0.3) is 0 Å². The van der Waals surface area contributed by atoms with E-state index < -0.39 is 0 Å². The van der Waals surface area contributed by atoms with Gasteiger partial charge in [0.2, 0.25) is 0 Å². The number of benzene rings is 1. The Balaban J connectivity index is 1.67. The number of hydrogen-bond acceptors (Lipinski definition) is 4. The van der Waals surface area contributed by atoms with Gasteiger partial charge in [-0.1, -0.05) is 51.4 Å². The molecule has 1 aromatic heterocycles. The van der Waals surface area contributed by atoms with E-state index in [1.807, 2.05) is 13.8 Å². The third-order valence-electron chi connectivity index (χ3n) is 4.37. The van der Waals surface area contributed by atoms with Crippen molar-refractivity contribution in [3.05, 3.63) is 81.6 Å². The van der Waals surface area contributed by atoms with Gasteiger partial charge < -0.3 is 14.3 Å². The molecule has 2 aliphatic heterocycles. The Labute approximate surface area is 149 Å². The Morgan fingerprint density at radius 3 is 2.71 bits per heavy atom. The number of rotatable bonds is 3. The van der Waals surface area contributed by atoms with Crippen molar-refractivity contribution in [3.8, 4) is 0 Å². The Morgan fingerprint density at radius 2 is 2.00 bits per heavy atom. The lowest BCUT2D eigenvalue weighted by Crippen LogP contribution is -2.23. The first-order valence-corrected chi connectivity index (χ1v) is 8.72. The monoisotopic (exact) mass is 383 g/mol. The highest BCUT2D eigenvalue weighted by Crippen LogP contribution is 2.38. The summed E-state index contributed by atoms with van der Waals surface area (Å²) in [5, 5.41) is 4.06. The molecule has 0 saturated heterocycles. The average molecular weight is 384 g/mol. The van der Waals surface area contributed by atoms with Gasteiger partial charge in [-0.25, -0.2) is 0 Å². The smallest absolute Gasteiger partial charge is 0.157 e. The quantitative estimate of drug-likeness (QED) is 0.773. The maximum atomic E-state index is 5.31. The first kappa shape index (κ1) is 15.3. The Bertz CT molecular complexity index is 844. The zero-order chi connectivity index (χ0) is 16.7. The molecule has 0 radical (unpaired) electrons. The van der Waals surface area contributed by atoms with E-state index in [2.05, 4.69) is 79.7 Å². The van der Waals surface area contributed by atoms with Crippen LogP contribution in [0.25, 0.3) is 0 Å². The van der Waals surface area contributed by atoms with Crippen LogP contribution >= 0.6 is 15.9 Å². The highest BCUT2D eigenvalue weighted by Gasteiger charge is 2.28. The van der Waals surface area contributed by atoms with Crippen molar-refractivity contribution in [3.63, 3.8) is 0 Å². The molecule has 4 rings (SSSR count). The summed E-state index contributed by atoms with van der Waals surface area (Å²) in [6.45, 7) is 5.68. The number of anilines is 1. The maximum Gasteiger partial charge on any atom is 0.157 e. The van der Waals surface area contributed by atoms with Gasteiger partial charge in [0.1, 0.15) is 11.4 Å². The molecule has 4 nitrogen and oxygen atoms in total. The summed E-state index contributed by atoms with van der Waals surface area (Å²) in [7, 11) is 0. The SMILES string of the molecule is Cc1noc(C)c1N1C=CC2=C(Br)CN(Cc3ccccc3)C2=C1. The van der Waals surface area contributed by atoms with Crippen molar-refractivity contribution >= 4 is 21.6 Å². The molecule has 2 aliphatic rings. The van der Waals surface area contributed by atoms with E-state index in [9.17, 15) is 0 Å². The standard InChI is InChI=1S/C19H18BrN3O/c1-13-19(14(2)24-21-13)22-9-8-16-17(20)11-23(18(16)12-22)10-15-6-4-3-5-7-15/h3-9,12H,10-11H2,1-2H3. The molecule has 0 unspecified atom stereocenters. The van der Waals surface area contributed by atoms with E-state index in [-0.39, 0.29) is 0 Å². The van der Waals surface area contributed by atoms with Crippen LogP contribution in [-0.4, -0.2) is 16.6 Å². The predicted octanol–water partition coefficient (Wildman–Crippen LogP) is 4.63. The second kappa shape index (κ2) is 5.98. The lowest BCUT2D eigenvalue weighted by atomic mass is 10.1. The second-order valence-electron chi connectivity index (χ2n) is 6.07. The summed E-state index contributed by atoms with van der Waals surface area (Å²) in [6.07, 6.45) is 6.38. The van der Waals surface area contributed by atoms with Gasteiger partial charge in [-0.3, -0.25) is 0 Å². The number of hydrogen-bond donors (Lipinski definition) is 0. The van der Waals surface area contributed by atoms with Crippen molar-refractivity contribution in [2.75, 3.05) is 11.4 Å². The molecule has 1 aromatic carbocycles. The molecule has 0 aliphatic carbocycles. The predicted molar refractivity (Wildman–Crippen MR) is 98.5 cm³/mol. The van der Waals surface area contributed by atoms with Crippen LogP contribution < -0.4 is 4.90 Å². The van der Waals surface area contributed by atoms with Gasteiger partial charge in [-0.15, -0.1) is 0 Å². The molecule has 0 atom stereocenters. The number of nitrogens with zero attached hydrogens (tertiary/aromatic N) is 3. The van der Waals surface area contributed by atoms with Crippen LogP contribution in [0, 0.1) is 13.8 Å². The van der Waals surface area contributed by atoms with Crippen molar-refractivity contribution < 1.29 is 4.52 Å². The largest absolute Gasteiger partial charge is 0.361 e.